The van der Waals surface area contributed by atoms with Gasteiger partial charge in [-0.15, -0.1) is 0 Å². The van der Waals surface area contributed by atoms with Crippen molar-refractivity contribution in [3.05, 3.63) is 35.3 Å². The van der Waals surface area contributed by atoms with Crippen LogP contribution in [0.4, 0.5) is 4.39 Å². The minimum Gasteiger partial charge on any atom is -0.350 e. The third kappa shape index (κ3) is 2.42. The van der Waals surface area contributed by atoms with E-state index in [1.54, 1.807) is 6.07 Å². The van der Waals surface area contributed by atoms with Crippen molar-refractivity contribution in [2.75, 3.05) is 26.3 Å². The highest BCUT2D eigenvalue weighted by molar-refractivity contribution is 6.00. The summed E-state index contributed by atoms with van der Waals surface area (Å²) < 4.78 is 24.7. The molecule has 5 nitrogen and oxygen atoms in total. The Morgan fingerprint density at radius 2 is 1.96 bits per heavy atom. The number of hydrogen-bond acceptors (Lipinski definition) is 3. The van der Waals surface area contributed by atoms with Crippen LogP contribution in [0.2, 0.25) is 0 Å². The maximum Gasteiger partial charge on any atom is 0.270 e. The zero-order chi connectivity index (χ0) is 16.0. The molecule has 1 aromatic heterocycles. The lowest BCUT2D eigenvalue weighted by molar-refractivity contribution is -0.181. The van der Waals surface area contributed by atoms with Crippen molar-refractivity contribution in [2.24, 2.45) is 0 Å². The molecule has 1 spiro atoms. The van der Waals surface area contributed by atoms with E-state index < -0.39 is 5.79 Å². The molecular formula is C17H19FN2O3. The van der Waals surface area contributed by atoms with Crippen molar-refractivity contribution in [2.45, 2.75) is 25.6 Å². The number of nitrogens with zero attached hydrogens (tertiary/aromatic N) is 1. The smallest absolute Gasteiger partial charge is 0.270 e. The number of piperidine rings is 1. The average molecular weight is 318 g/mol. The minimum atomic E-state index is -0.491. The summed E-state index contributed by atoms with van der Waals surface area (Å²) in [7, 11) is 0. The Morgan fingerprint density at radius 3 is 2.65 bits per heavy atom. The van der Waals surface area contributed by atoms with Crippen LogP contribution in [-0.4, -0.2) is 47.9 Å². The van der Waals surface area contributed by atoms with E-state index >= 15 is 0 Å². The van der Waals surface area contributed by atoms with Gasteiger partial charge in [-0.1, -0.05) is 0 Å². The molecule has 0 radical (unpaired) electrons. The van der Waals surface area contributed by atoms with Crippen LogP contribution >= 0.6 is 0 Å². The number of hydrogen-bond donors (Lipinski definition) is 1. The fourth-order valence-corrected chi connectivity index (χ4v) is 3.52. The van der Waals surface area contributed by atoms with Gasteiger partial charge in [0.15, 0.2) is 5.79 Å². The van der Waals surface area contributed by atoms with E-state index in [1.165, 1.54) is 12.1 Å². The van der Waals surface area contributed by atoms with Gasteiger partial charge in [0.1, 0.15) is 11.5 Å². The highest BCUT2D eigenvalue weighted by Gasteiger charge is 2.41. The van der Waals surface area contributed by atoms with Crippen molar-refractivity contribution in [3.63, 3.8) is 0 Å². The van der Waals surface area contributed by atoms with Gasteiger partial charge in [0.2, 0.25) is 0 Å². The van der Waals surface area contributed by atoms with Crippen molar-refractivity contribution in [1.82, 2.24) is 9.88 Å². The van der Waals surface area contributed by atoms with Gasteiger partial charge in [0, 0.05) is 36.8 Å². The molecule has 0 saturated carbocycles. The Bertz CT molecular complexity index is 755. The lowest BCUT2D eigenvalue weighted by atomic mass is 10.0. The number of H-pyrrole nitrogens is 1. The van der Waals surface area contributed by atoms with Crippen LogP contribution in [0.1, 0.15) is 28.9 Å². The Labute approximate surface area is 133 Å². The summed E-state index contributed by atoms with van der Waals surface area (Å²) in [5.74, 6) is -0.852. The number of likely N-dealkylation sites (tertiary alicyclic amines) is 1. The van der Waals surface area contributed by atoms with Gasteiger partial charge in [0.05, 0.1) is 13.2 Å². The van der Waals surface area contributed by atoms with Crippen LogP contribution in [0.5, 0.6) is 0 Å². The van der Waals surface area contributed by atoms with Crippen molar-refractivity contribution >= 4 is 16.8 Å². The van der Waals surface area contributed by atoms with E-state index in [4.69, 9.17) is 9.47 Å². The van der Waals surface area contributed by atoms with Crippen molar-refractivity contribution < 1.29 is 18.7 Å². The number of carbonyl (C=O) groups is 1. The van der Waals surface area contributed by atoms with E-state index in [2.05, 4.69) is 4.98 Å². The van der Waals surface area contributed by atoms with Crippen molar-refractivity contribution in [3.8, 4) is 0 Å². The van der Waals surface area contributed by atoms with Crippen molar-refractivity contribution in [1.29, 1.82) is 0 Å². The third-order valence-corrected chi connectivity index (χ3v) is 4.86. The summed E-state index contributed by atoms with van der Waals surface area (Å²) in [5.41, 5.74) is 2.05. The first kappa shape index (κ1) is 14.7. The quantitative estimate of drug-likeness (QED) is 0.879. The highest BCUT2D eigenvalue weighted by atomic mass is 19.1. The molecule has 1 amide bonds. The number of carbonyl (C=O) groups excluding carboxylic acids is 1. The van der Waals surface area contributed by atoms with E-state index in [0.717, 1.165) is 10.9 Å². The molecular weight excluding hydrogens is 299 g/mol. The molecule has 0 aliphatic carbocycles. The number of benzene rings is 1. The standard InChI is InChI=1S/C17H19FN2O3/c1-11-13-3-2-12(18)10-14(13)19-15(11)16(21)20-6-4-17(5-7-20)22-8-9-23-17/h2-3,10,19H,4-9H2,1H3. The average Bonchev–Trinajstić information content (AvgIpc) is 3.13. The lowest BCUT2D eigenvalue weighted by Crippen LogP contribution is -2.47. The molecule has 6 heteroatoms. The topological polar surface area (TPSA) is 54.6 Å². The molecule has 2 aromatic rings. The van der Waals surface area contributed by atoms with Gasteiger partial charge in [-0.25, -0.2) is 4.39 Å². The van der Waals surface area contributed by atoms with Gasteiger partial charge in [0.25, 0.3) is 5.91 Å². The number of amides is 1. The summed E-state index contributed by atoms with van der Waals surface area (Å²) in [6.07, 6.45) is 1.37. The first-order valence-corrected chi connectivity index (χ1v) is 7.93. The predicted molar refractivity (Wildman–Crippen MR) is 82.8 cm³/mol. The second kappa shape index (κ2) is 5.32. The van der Waals surface area contributed by atoms with E-state index in [9.17, 15) is 9.18 Å². The Morgan fingerprint density at radius 1 is 1.26 bits per heavy atom. The molecule has 2 saturated heterocycles. The van der Waals surface area contributed by atoms with Gasteiger partial charge in [-0.3, -0.25) is 4.79 Å². The second-order valence-corrected chi connectivity index (χ2v) is 6.21. The van der Waals surface area contributed by atoms with Crippen LogP contribution < -0.4 is 0 Å². The summed E-state index contributed by atoms with van der Waals surface area (Å²) in [6, 6.07) is 4.54. The molecule has 1 aromatic carbocycles. The molecule has 0 atom stereocenters. The molecule has 1 N–H and O–H groups in total. The number of halogens is 1. The Kier molecular flexibility index (Phi) is 3.39. The fraction of sp³-hybridized carbons (Fsp3) is 0.471. The van der Waals surface area contributed by atoms with Gasteiger partial charge in [-0.2, -0.15) is 0 Å². The van der Waals surface area contributed by atoms with Crippen LogP contribution in [-0.2, 0) is 9.47 Å². The Hall–Kier alpha value is -1.92. The first-order valence-electron chi connectivity index (χ1n) is 7.93. The minimum absolute atomic E-state index is 0.0491. The first-order chi connectivity index (χ1) is 11.1. The number of aryl methyl sites for hydroxylation is 1. The Balaban J connectivity index is 1.56. The molecule has 23 heavy (non-hydrogen) atoms. The second-order valence-electron chi connectivity index (χ2n) is 6.21. The number of fused-ring (bicyclic) bond motifs is 1. The van der Waals surface area contributed by atoms with Gasteiger partial charge in [-0.05, 0) is 30.7 Å². The predicted octanol–water partition coefficient (Wildman–Crippen LogP) is 2.59. The molecule has 2 aliphatic rings. The molecule has 0 bridgehead atoms. The zero-order valence-electron chi connectivity index (χ0n) is 13.0. The van der Waals surface area contributed by atoms with E-state index in [1.807, 2.05) is 11.8 Å². The number of nitrogens with one attached hydrogen (secondary N) is 1. The van der Waals surface area contributed by atoms with Gasteiger partial charge >= 0.3 is 0 Å². The normalized spacial score (nSPS) is 20.5. The number of aromatic amines is 1. The van der Waals surface area contributed by atoms with E-state index in [-0.39, 0.29) is 11.7 Å². The summed E-state index contributed by atoms with van der Waals surface area (Å²) in [4.78, 5) is 17.7. The molecule has 0 unspecified atom stereocenters. The number of ether oxygens (including phenoxy) is 2. The van der Waals surface area contributed by atoms with Gasteiger partial charge < -0.3 is 19.4 Å². The largest absolute Gasteiger partial charge is 0.350 e. The fourth-order valence-electron chi connectivity index (χ4n) is 3.52. The maximum atomic E-state index is 13.4. The summed E-state index contributed by atoms with van der Waals surface area (Å²) >= 11 is 0. The SMILES string of the molecule is Cc1c(C(=O)N2CCC3(CC2)OCCO3)[nH]c2cc(F)ccc12. The third-order valence-electron chi connectivity index (χ3n) is 4.86. The van der Waals surface area contributed by atoms with Crippen LogP contribution in [0.15, 0.2) is 18.2 Å². The molecule has 3 heterocycles. The number of aromatic nitrogens is 1. The summed E-state index contributed by atoms with van der Waals surface area (Å²) in [5, 5.41) is 0.880. The van der Waals surface area contributed by atoms with Crippen LogP contribution in [0, 0.1) is 12.7 Å². The maximum absolute atomic E-state index is 13.4. The number of rotatable bonds is 1. The van der Waals surface area contributed by atoms with Crippen LogP contribution in [0.25, 0.3) is 10.9 Å². The highest BCUT2D eigenvalue weighted by Crippen LogP contribution is 2.32. The zero-order valence-corrected chi connectivity index (χ0v) is 13.0. The molecule has 4 rings (SSSR count). The van der Waals surface area contributed by atoms with Crippen LogP contribution in [0.3, 0.4) is 0 Å². The van der Waals surface area contributed by atoms with E-state index in [0.29, 0.717) is 50.4 Å². The monoisotopic (exact) mass is 318 g/mol. The molecule has 122 valence electrons. The molecule has 2 fully saturated rings. The molecule has 2 aliphatic heterocycles. The lowest BCUT2D eigenvalue weighted by Gasteiger charge is -2.37. The summed E-state index contributed by atoms with van der Waals surface area (Å²) in [6.45, 7) is 4.34.